The zero-order chi connectivity index (χ0) is 13.6. The molecule has 1 rings (SSSR count). The van der Waals surface area contributed by atoms with Crippen LogP contribution in [0.25, 0.3) is 0 Å². The van der Waals surface area contributed by atoms with Crippen molar-refractivity contribution < 1.29 is 4.74 Å². The third kappa shape index (κ3) is 4.42. The number of halogens is 1. The Labute approximate surface area is 114 Å². The van der Waals surface area contributed by atoms with E-state index in [2.05, 4.69) is 22.2 Å². The standard InChI is InChI=1S/C13H22ClN3O/c1-5-7-10-11(14)16-9-17-12(10)15-8-13(3,4)18-6-2/h9H,5-8H2,1-4H3,(H,15,16,17). The SMILES string of the molecule is CCCc1c(Cl)ncnc1NCC(C)(C)OCC. The summed E-state index contributed by atoms with van der Waals surface area (Å²) < 4.78 is 5.64. The Balaban J connectivity index is 2.75. The molecule has 0 aliphatic heterocycles. The summed E-state index contributed by atoms with van der Waals surface area (Å²) in [7, 11) is 0. The highest BCUT2D eigenvalue weighted by atomic mass is 35.5. The van der Waals surface area contributed by atoms with Crippen LogP contribution in [0.2, 0.25) is 5.15 Å². The quantitative estimate of drug-likeness (QED) is 0.773. The van der Waals surface area contributed by atoms with Crippen molar-refractivity contribution in [1.29, 1.82) is 0 Å². The van der Waals surface area contributed by atoms with Gasteiger partial charge < -0.3 is 10.1 Å². The minimum absolute atomic E-state index is 0.227. The summed E-state index contributed by atoms with van der Waals surface area (Å²) in [5.41, 5.74) is 0.754. The van der Waals surface area contributed by atoms with Crippen LogP contribution in [0.4, 0.5) is 5.82 Å². The van der Waals surface area contributed by atoms with E-state index in [9.17, 15) is 0 Å². The molecule has 0 unspecified atom stereocenters. The first kappa shape index (κ1) is 15.2. The molecule has 18 heavy (non-hydrogen) atoms. The molecule has 0 radical (unpaired) electrons. The second kappa shape index (κ2) is 6.90. The van der Waals surface area contributed by atoms with Crippen molar-refractivity contribution in [2.45, 2.75) is 46.1 Å². The Morgan fingerprint density at radius 1 is 1.33 bits per heavy atom. The molecule has 102 valence electrons. The lowest BCUT2D eigenvalue weighted by molar-refractivity contribution is 0.000631. The van der Waals surface area contributed by atoms with Gasteiger partial charge >= 0.3 is 0 Å². The lowest BCUT2D eigenvalue weighted by Crippen LogP contribution is -2.33. The van der Waals surface area contributed by atoms with Crippen LogP contribution in [0.5, 0.6) is 0 Å². The minimum atomic E-state index is -0.227. The monoisotopic (exact) mass is 271 g/mol. The van der Waals surface area contributed by atoms with Gasteiger partial charge in [0.25, 0.3) is 0 Å². The van der Waals surface area contributed by atoms with Crippen LogP contribution in [0.3, 0.4) is 0 Å². The maximum Gasteiger partial charge on any atom is 0.137 e. The molecule has 0 saturated heterocycles. The predicted molar refractivity (Wildman–Crippen MR) is 75.2 cm³/mol. The Kier molecular flexibility index (Phi) is 5.82. The average molecular weight is 272 g/mol. The zero-order valence-electron chi connectivity index (χ0n) is 11.6. The fourth-order valence-corrected chi connectivity index (χ4v) is 1.98. The fraction of sp³-hybridized carbons (Fsp3) is 0.692. The molecule has 0 aromatic carbocycles. The maximum atomic E-state index is 6.10. The van der Waals surface area contributed by atoms with Gasteiger partial charge in [-0.2, -0.15) is 0 Å². The van der Waals surface area contributed by atoms with E-state index in [4.69, 9.17) is 16.3 Å². The highest BCUT2D eigenvalue weighted by Gasteiger charge is 2.18. The van der Waals surface area contributed by atoms with E-state index >= 15 is 0 Å². The second-order valence-electron chi connectivity index (χ2n) is 4.79. The molecule has 0 atom stereocenters. The summed E-state index contributed by atoms with van der Waals surface area (Å²) in [6, 6.07) is 0. The lowest BCUT2D eigenvalue weighted by atomic mass is 10.1. The average Bonchev–Trinajstić information content (AvgIpc) is 2.30. The van der Waals surface area contributed by atoms with E-state index in [1.165, 1.54) is 6.33 Å². The lowest BCUT2D eigenvalue weighted by Gasteiger charge is -2.25. The van der Waals surface area contributed by atoms with Crippen molar-refractivity contribution in [3.05, 3.63) is 17.0 Å². The molecule has 4 nitrogen and oxygen atoms in total. The summed E-state index contributed by atoms with van der Waals surface area (Å²) in [5.74, 6) is 0.810. The van der Waals surface area contributed by atoms with Crippen LogP contribution in [-0.4, -0.2) is 28.7 Å². The van der Waals surface area contributed by atoms with Crippen molar-refractivity contribution in [1.82, 2.24) is 9.97 Å². The summed E-state index contributed by atoms with van der Waals surface area (Å²) in [5, 5.41) is 3.83. The van der Waals surface area contributed by atoms with Gasteiger partial charge in [-0.25, -0.2) is 9.97 Å². The van der Waals surface area contributed by atoms with Gasteiger partial charge in [0.05, 0.1) is 5.60 Å². The van der Waals surface area contributed by atoms with Gasteiger partial charge in [0.1, 0.15) is 17.3 Å². The van der Waals surface area contributed by atoms with E-state index in [1.54, 1.807) is 0 Å². The molecule has 0 aliphatic rings. The van der Waals surface area contributed by atoms with E-state index in [1.807, 2.05) is 20.8 Å². The first-order valence-corrected chi connectivity index (χ1v) is 6.75. The van der Waals surface area contributed by atoms with Gasteiger partial charge in [-0.15, -0.1) is 0 Å². The predicted octanol–water partition coefficient (Wildman–Crippen LogP) is 3.31. The van der Waals surface area contributed by atoms with Crippen LogP contribution in [0, 0.1) is 0 Å². The molecule has 0 spiro atoms. The Morgan fingerprint density at radius 2 is 2.06 bits per heavy atom. The van der Waals surface area contributed by atoms with E-state index in [0.717, 1.165) is 24.2 Å². The number of nitrogens with one attached hydrogen (secondary N) is 1. The number of hydrogen-bond acceptors (Lipinski definition) is 4. The van der Waals surface area contributed by atoms with Gasteiger partial charge in [0, 0.05) is 18.7 Å². The number of nitrogens with zero attached hydrogens (tertiary/aromatic N) is 2. The molecule has 1 aromatic rings. The highest BCUT2D eigenvalue weighted by molar-refractivity contribution is 6.30. The molecule has 0 saturated carbocycles. The van der Waals surface area contributed by atoms with E-state index in [-0.39, 0.29) is 5.60 Å². The third-order valence-corrected chi connectivity index (χ3v) is 2.94. The number of aromatic nitrogens is 2. The largest absolute Gasteiger partial charge is 0.374 e. The Hall–Kier alpha value is -0.870. The van der Waals surface area contributed by atoms with Crippen molar-refractivity contribution >= 4 is 17.4 Å². The van der Waals surface area contributed by atoms with Crippen LogP contribution >= 0.6 is 11.6 Å². The van der Waals surface area contributed by atoms with Crippen molar-refractivity contribution in [3.63, 3.8) is 0 Å². The molecule has 0 aliphatic carbocycles. The molecule has 5 heteroatoms. The van der Waals surface area contributed by atoms with Crippen LogP contribution in [0.1, 0.15) is 39.7 Å². The third-order valence-electron chi connectivity index (χ3n) is 2.61. The first-order chi connectivity index (χ1) is 8.50. The summed E-state index contributed by atoms with van der Waals surface area (Å²) in [6.45, 7) is 9.58. The molecular weight excluding hydrogens is 250 g/mol. The summed E-state index contributed by atoms with van der Waals surface area (Å²) >= 11 is 6.10. The van der Waals surface area contributed by atoms with Gasteiger partial charge in [0.2, 0.25) is 0 Å². The van der Waals surface area contributed by atoms with Gasteiger partial charge in [-0.1, -0.05) is 24.9 Å². The van der Waals surface area contributed by atoms with Crippen LogP contribution in [0.15, 0.2) is 6.33 Å². The van der Waals surface area contributed by atoms with E-state index in [0.29, 0.717) is 18.3 Å². The molecule has 0 bridgehead atoms. The summed E-state index contributed by atoms with van der Waals surface area (Å²) in [6.07, 6.45) is 3.37. The smallest absolute Gasteiger partial charge is 0.137 e. The Bertz CT molecular complexity index is 382. The van der Waals surface area contributed by atoms with Crippen molar-refractivity contribution in [3.8, 4) is 0 Å². The molecule has 0 fully saturated rings. The molecule has 1 aromatic heterocycles. The van der Waals surface area contributed by atoms with Gasteiger partial charge in [-0.05, 0) is 27.2 Å². The first-order valence-electron chi connectivity index (χ1n) is 6.37. The Morgan fingerprint density at radius 3 is 2.67 bits per heavy atom. The fourth-order valence-electron chi connectivity index (χ4n) is 1.75. The maximum absolute atomic E-state index is 6.10. The summed E-state index contributed by atoms with van der Waals surface area (Å²) in [4.78, 5) is 8.28. The molecule has 1 N–H and O–H groups in total. The minimum Gasteiger partial charge on any atom is -0.374 e. The van der Waals surface area contributed by atoms with Gasteiger partial charge in [0.15, 0.2) is 0 Å². The molecular formula is C13H22ClN3O. The molecule has 0 amide bonds. The topological polar surface area (TPSA) is 47.0 Å². The second-order valence-corrected chi connectivity index (χ2v) is 5.15. The zero-order valence-corrected chi connectivity index (χ0v) is 12.3. The van der Waals surface area contributed by atoms with Gasteiger partial charge in [-0.3, -0.25) is 0 Å². The highest BCUT2D eigenvalue weighted by Crippen LogP contribution is 2.22. The number of anilines is 1. The van der Waals surface area contributed by atoms with Crippen molar-refractivity contribution in [2.24, 2.45) is 0 Å². The number of hydrogen-bond donors (Lipinski definition) is 1. The van der Waals surface area contributed by atoms with E-state index < -0.39 is 0 Å². The number of ether oxygens (including phenoxy) is 1. The number of rotatable bonds is 7. The normalized spacial score (nSPS) is 11.6. The van der Waals surface area contributed by atoms with Crippen molar-refractivity contribution in [2.75, 3.05) is 18.5 Å². The van der Waals surface area contributed by atoms with Crippen LogP contribution in [-0.2, 0) is 11.2 Å². The van der Waals surface area contributed by atoms with Crippen LogP contribution < -0.4 is 5.32 Å². The molecule has 1 heterocycles.